The second-order valence-corrected chi connectivity index (χ2v) is 6.64. The molecule has 152 valence electrons. The van der Waals surface area contributed by atoms with Crippen LogP contribution in [0.5, 0.6) is 0 Å². The fraction of sp³-hybridized carbons (Fsp3) is 0.316. The van der Waals surface area contributed by atoms with Crippen LogP contribution in [0.2, 0.25) is 0 Å². The van der Waals surface area contributed by atoms with Gasteiger partial charge in [-0.1, -0.05) is 30.3 Å². The number of ether oxygens (including phenoxy) is 1. The zero-order chi connectivity index (χ0) is 20.5. The fourth-order valence-electron chi connectivity index (χ4n) is 3.23. The summed E-state index contributed by atoms with van der Waals surface area (Å²) in [5.74, 6) is 0.648. The van der Waals surface area contributed by atoms with Crippen molar-refractivity contribution in [2.45, 2.75) is 31.1 Å². The third-order valence-electron chi connectivity index (χ3n) is 4.79. The van der Waals surface area contributed by atoms with Crippen molar-refractivity contribution in [3.05, 3.63) is 75.5 Å². The van der Waals surface area contributed by atoms with Crippen LogP contribution in [0, 0.1) is 0 Å². The molecule has 1 saturated heterocycles. The number of benzene rings is 1. The Morgan fingerprint density at radius 2 is 1.83 bits per heavy atom. The third kappa shape index (κ3) is 3.54. The Bertz CT molecular complexity index is 1100. The normalized spacial score (nSPS) is 24.1. The Balaban J connectivity index is 1.64. The molecular formula is C19H19N3O7. The molecular weight excluding hydrogens is 382 g/mol. The summed E-state index contributed by atoms with van der Waals surface area (Å²) in [6, 6.07) is 10.4. The van der Waals surface area contributed by atoms with E-state index in [9.17, 15) is 24.9 Å². The number of rotatable bonds is 5. The summed E-state index contributed by atoms with van der Waals surface area (Å²) in [7, 11) is 0. The van der Waals surface area contributed by atoms with Crippen molar-refractivity contribution in [2.75, 3.05) is 6.61 Å². The SMILES string of the molecule is O=c1ccn([C@@H]2O[C@H](CO)C(O)[C@@H]2O)c(=O)n1Cc1ncc(-c2ccccc2)o1. The van der Waals surface area contributed by atoms with Crippen molar-refractivity contribution < 1.29 is 24.5 Å². The molecule has 29 heavy (non-hydrogen) atoms. The molecule has 0 bridgehead atoms. The van der Waals surface area contributed by atoms with E-state index in [1.54, 1.807) is 0 Å². The Kier molecular flexibility index (Phi) is 5.16. The summed E-state index contributed by atoms with van der Waals surface area (Å²) in [6.45, 7) is -0.748. The van der Waals surface area contributed by atoms with Gasteiger partial charge in [-0.05, 0) is 0 Å². The van der Waals surface area contributed by atoms with Gasteiger partial charge in [-0.25, -0.2) is 9.78 Å². The van der Waals surface area contributed by atoms with Crippen LogP contribution in [0.1, 0.15) is 12.1 Å². The molecule has 4 rings (SSSR count). The first-order valence-electron chi connectivity index (χ1n) is 8.94. The highest BCUT2D eigenvalue weighted by atomic mass is 16.6. The van der Waals surface area contributed by atoms with Gasteiger partial charge in [0.2, 0.25) is 5.89 Å². The van der Waals surface area contributed by atoms with Crippen LogP contribution in [0.4, 0.5) is 0 Å². The van der Waals surface area contributed by atoms with E-state index in [4.69, 9.17) is 9.15 Å². The number of hydrogen-bond donors (Lipinski definition) is 3. The first-order valence-corrected chi connectivity index (χ1v) is 8.94. The van der Waals surface area contributed by atoms with Gasteiger partial charge in [-0.2, -0.15) is 0 Å². The minimum Gasteiger partial charge on any atom is -0.439 e. The standard InChI is InChI=1S/C19H19N3O7/c23-10-13-16(25)17(26)18(29-13)21-7-6-15(24)22(19(21)27)9-14-20-8-12(28-14)11-4-2-1-3-5-11/h1-8,13,16-18,23,25-26H,9-10H2/t13-,16?,17+,18-/m1/s1. The molecule has 1 aliphatic rings. The number of oxazole rings is 1. The van der Waals surface area contributed by atoms with Gasteiger partial charge in [0.05, 0.1) is 12.8 Å². The maximum atomic E-state index is 12.8. The number of aliphatic hydroxyl groups is 3. The molecule has 10 heteroatoms. The first kappa shape index (κ1) is 19.3. The van der Waals surface area contributed by atoms with Gasteiger partial charge in [-0.15, -0.1) is 0 Å². The summed E-state index contributed by atoms with van der Waals surface area (Å²) in [6.07, 6.45) is -2.41. The summed E-state index contributed by atoms with van der Waals surface area (Å²) < 4.78 is 12.9. The van der Waals surface area contributed by atoms with Crippen molar-refractivity contribution in [2.24, 2.45) is 0 Å². The van der Waals surface area contributed by atoms with E-state index in [1.807, 2.05) is 30.3 Å². The van der Waals surface area contributed by atoms with Gasteiger partial charge in [0, 0.05) is 17.8 Å². The number of aromatic nitrogens is 3. The minimum atomic E-state index is -1.44. The van der Waals surface area contributed by atoms with E-state index in [0.717, 1.165) is 20.8 Å². The third-order valence-corrected chi connectivity index (χ3v) is 4.79. The monoisotopic (exact) mass is 401 g/mol. The maximum Gasteiger partial charge on any atom is 0.333 e. The van der Waals surface area contributed by atoms with Crippen molar-refractivity contribution in [3.8, 4) is 11.3 Å². The number of aliphatic hydroxyl groups excluding tert-OH is 3. The molecule has 1 aromatic carbocycles. The van der Waals surface area contributed by atoms with Crippen molar-refractivity contribution in [3.63, 3.8) is 0 Å². The number of hydrogen-bond acceptors (Lipinski definition) is 8. The molecule has 1 aliphatic heterocycles. The maximum absolute atomic E-state index is 12.8. The smallest absolute Gasteiger partial charge is 0.333 e. The molecule has 0 aliphatic carbocycles. The van der Waals surface area contributed by atoms with Gasteiger partial charge in [0.1, 0.15) is 24.9 Å². The van der Waals surface area contributed by atoms with Crippen LogP contribution in [0.25, 0.3) is 11.3 Å². The largest absolute Gasteiger partial charge is 0.439 e. The lowest BCUT2D eigenvalue weighted by molar-refractivity contribution is -0.0555. The van der Waals surface area contributed by atoms with Crippen molar-refractivity contribution in [1.82, 2.24) is 14.1 Å². The lowest BCUT2D eigenvalue weighted by Gasteiger charge is -2.18. The van der Waals surface area contributed by atoms with Crippen LogP contribution >= 0.6 is 0 Å². The summed E-state index contributed by atoms with van der Waals surface area (Å²) in [4.78, 5) is 29.2. The predicted octanol–water partition coefficient (Wildman–Crippen LogP) is -0.675. The summed E-state index contributed by atoms with van der Waals surface area (Å²) in [5.41, 5.74) is -0.556. The van der Waals surface area contributed by atoms with Crippen LogP contribution < -0.4 is 11.2 Å². The number of nitrogens with zero attached hydrogens (tertiary/aromatic N) is 3. The Morgan fingerprint density at radius 1 is 1.07 bits per heavy atom. The molecule has 0 radical (unpaired) electrons. The lowest BCUT2D eigenvalue weighted by Crippen LogP contribution is -2.43. The van der Waals surface area contributed by atoms with Gasteiger partial charge in [0.15, 0.2) is 12.0 Å². The molecule has 2 aromatic heterocycles. The zero-order valence-electron chi connectivity index (χ0n) is 15.2. The van der Waals surface area contributed by atoms with Gasteiger partial charge < -0.3 is 24.5 Å². The Hall–Kier alpha value is -3.05. The molecule has 3 N–H and O–H groups in total. The summed E-state index contributed by atoms with van der Waals surface area (Å²) in [5, 5.41) is 29.3. The van der Waals surface area contributed by atoms with Gasteiger partial charge in [-0.3, -0.25) is 13.9 Å². The molecule has 10 nitrogen and oxygen atoms in total. The molecule has 3 aromatic rings. The minimum absolute atomic E-state index is 0.155. The molecule has 0 saturated carbocycles. The molecule has 3 heterocycles. The van der Waals surface area contributed by atoms with Gasteiger partial charge >= 0.3 is 5.69 Å². The topological polar surface area (TPSA) is 140 Å². The highest BCUT2D eigenvalue weighted by molar-refractivity contribution is 5.55. The second kappa shape index (κ2) is 7.76. The van der Waals surface area contributed by atoms with E-state index >= 15 is 0 Å². The Labute approximate surface area is 163 Å². The van der Waals surface area contributed by atoms with E-state index in [1.165, 1.54) is 12.4 Å². The molecule has 4 atom stereocenters. The molecule has 0 amide bonds. The van der Waals surface area contributed by atoms with Gasteiger partial charge in [0.25, 0.3) is 5.56 Å². The summed E-state index contributed by atoms with van der Waals surface area (Å²) >= 11 is 0. The quantitative estimate of drug-likeness (QED) is 0.511. The highest BCUT2D eigenvalue weighted by Gasteiger charge is 2.43. The van der Waals surface area contributed by atoms with E-state index in [2.05, 4.69) is 4.98 Å². The fourth-order valence-corrected chi connectivity index (χ4v) is 3.23. The first-order chi connectivity index (χ1) is 14.0. The van der Waals surface area contributed by atoms with E-state index in [0.29, 0.717) is 5.76 Å². The van der Waals surface area contributed by atoms with E-state index < -0.39 is 42.4 Å². The second-order valence-electron chi connectivity index (χ2n) is 6.64. The van der Waals surface area contributed by atoms with E-state index in [-0.39, 0.29) is 12.4 Å². The average Bonchev–Trinajstić information content (AvgIpc) is 3.31. The van der Waals surface area contributed by atoms with Crippen molar-refractivity contribution in [1.29, 1.82) is 0 Å². The average molecular weight is 401 g/mol. The zero-order valence-corrected chi connectivity index (χ0v) is 15.2. The van der Waals surface area contributed by atoms with Crippen molar-refractivity contribution >= 4 is 0 Å². The molecule has 1 unspecified atom stereocenters. The Morgan fingerprint density at radius 3 is 2.52 bits per heavy atom. The van der Waals surface area contributed by atoms with Crippen LogP contribution in [0.15, 0.2) is 62.8 Å². The highest BCUT2D eigenvalue weighted by Crippen LogP contribution is 2.27. The predicted molar refractivity (Wildman–Crippen MR) is 99.0 cm³/mol. The van der Waals surface area contributed by atoms with Crippen LogP contribution in [0.3, 0.4) is 0 Å². The van der Waals surface area contributed by atoms with Crippen LogP contribution in [-0.2, 0) is 11.3 Å². The molecule has 0 spiro atoms. The lowest BCUT2D eigenvalue weighted by atomic mass is 10.1. The van der Waals surface area contributed by atoms with Crippen LogP contribution in [-0.4, -0.2) is 54.4 Å². The molecule has 1 fully saturated rings.